The summed E-state index contributed by atoms with van der Waals surface area (Å²) in [5, 5.41) is 3.38. The fourth-order valence-corrected chi connectivity index (χ4v) is 2.42. The fourth-order valence-electron chi connectivity index (χ4n) is 2.42. The molecule has 1 aliphatic heterocycles. The normalized spacial score (nSPS) is 18.9. The van der Waals surface area contributed by atoms with Gasteiger partial charge in [-0.25, -0.2) is 15.8 Å². The summed E-state index contributed by atoms with van der Waals surface area (Å²) in [5.41, 5.74) is 3.59. The number of nitrogens with two attached hydrogens (primary N) is 1. The minimum Gasteiger partial charge on any atom is -0.378 e. The highest BCUT2D eigenvalue weighted by Gasteiger charge is 2.14. The monoisotopic (exact) mass is 279 g/mol. The Balaban J connectivity index is 1.94. The molecule has 1 saturated heterocycles. The number of ether oxygens (including phenoxy) is 1. The van der Waals surface area contributed by atoms with Crippen LogP contribution in [0.2, 0.25) is 0 Å². The average molecular weight is 279 g/mol. The van der Waals surface area contributed by atoms with Crippen LogP contribution >= 0.6 is 0 Å². The molecule has 1 aromatic heterocycles. The van der Waals surface area contributed by atoms with Gasteiger partial charge in [0.15, 0.2) is 0 Å². The number of aryl methyl sites for hydroxylation is 1. The third kappa shape index (κ3) is 3.80. The van der Waals surface area contributed by atoms with Crippen molar-refractivity contribution in [3.8, 4) is 0 Å². The quantitative estimate of drug-likeness (QED) is 0.545. The lowest BCUT2D eigenvalue weighted by Crippen LogP contribution is -2.22. The third-order valence-electron chi connectivity index (χ3n) is 3.68. The molecule has 2 heterocycles. The van der Waals surface area contributed by atoms with E-state index in [-0.39, 0.29) is 0 Å². The molecule has 1 aliphatic rings. The van der Waals surface area contributed by atoms with Crippen LogP contribution in [0.25, 0.3) is 0 Å². The van der Waals surface area contributed by atoms with E-state index in [4.69, 9.17) is 10.6 Å². The number of hydrogen-bond donors (Lipinski definition) is 3. The number of nitrogens with one attached hydrogen (secondary N) is 2. The van der Waals surface area contributed by atoms with Crippen molar-refractivity contribution in [3.63, 3.8) is 0 Å². The smallest absolute Gasteiger partial charge is 0.148 e. The Bertz CT molecular complexity index is 432. The Labute approximate surface area is 120 Å². The van der Waals surface area contributed by atoms with Crippen molar-refractivity contribution in [1.29, 1.82) is 0 Å². The number of rotatable bonds is 6. The second kappa shape index (κ2) is 7.40. The van der Waals surface area contributed by atoms with Gasteiger partial charge in [-0.05, 0) is 32.6 Å². The Hall–Kier alpha value is -1.40. The zero-order valence-corrected chi connectivity index (χ0v) is 12.4. The molecule has 0 aliphatic carbocycles. The van der Waals surface area contributed by atoms with Crippen LogP contribution in [0.4, 0.5) is 11.6 Å². The number of aromatic nitrogens is 2. The highest BCUT2D eigenvalue weighted by atomic mass is 16.5. The molecule has 0 radical (unpaired) electrons. The molecule has 1 atom stereocenters. The molecule has 1 fully saturated rings. The zero-order chi connectivity index (χ0) is 14.4. The molecule has 0 bridgehead atoms. The summed E-state index contributed by atoms with van der Waals surface area (Å²) in [6.45, 7) is 5.76. The summed E-state index contributed by atoms with van der Waals surface area (Å²) >= 11 is 0. The summed E-state index contributed by atoms with van der Waals surface area (Å²) < 4.78 is 5.73. The van der Waals surface area contributed by atoms with Crippen molar-refractivity contribution >= 4 is 11.6 Å². The number of anilines is 2. The minimum absolute atomic E-state index is 0.385. The van der Waals surface area contributed by atoms with E-state index in [1.54, 1.807) is 0 Å². The van der Waals surface area contributed by atoms with Crippen LogP contribution < -0.4 is 16.6 Å². The van der Waals surface area contributed by atoms with Crippen molar-refractivity contribution in [2.45, 2.75) is 52.1 Å². The van der Waals surface area contributed by atoms with E-state index in [0.29, 0.717) is 11.9 Å². The van der Waals surface area contributed by atoms with E-state index in [2.05, 4.69) is 20.7 Å². The van der Waals surface area contributed by atoms with E-state index in [1.807, 2.05) is 13.8 Å². The summed E-state index contributed by atoms with van der Waals surface area (Å²) in [7, 11) is 0. The van der Waals surface area contributed by atoms with E-state index >= 15 is 0 Å². The lowest BCUT2D eigenvalue weighted by Gasteiger charge is -2.23. The molecule has 0 spiro atoms. The molecular weight excluding hydrogens is 254 g/mol. The van der Waals surface area contributed by atoms with E-state index in [1.165, 1.54) is 19.3 Å². The molecule has 0 saturated carbocycles. The maximum Gasteiger partial charge on any atom is 0.148 e. The first kappa shape index (κ1) is 15.0. The fraction of sp³-hybridized carbons (Fsp3) is 0.714. The van der Waals surface area contributed by atoms with Gasteiger partial charge < -0.3 is 15.5 Å². The highest BCUT2D eigenvalue weighted by Crippen LogP contribution is 2.20. The van der Waals surface area contributed by atoms with Crippen LogP contribution in [0.15, 0.2) is 0 Å². The molecule has 20 heavy (non-hydrogen) atoms. The van der Waals surface area contributed by atoms with Crippen molar-refractivity contribution in [1.82, 2.24) is 9.97 Å². The second-order valence-electron chi connectivity index (χ2n) is 5.16. The Kier molecular flexibility index (Phi) is 5.55. The van der Waals surface area contributed by atoms with E-state index in [0.717, 1.165) is 43.2 Å². The summed E-state index contributed by atoms with van der Waals surface area (Å²) in [6, 6.07) is 0. The second-order valence-corrected chi connectivity index (χ2v) is 5.16. The predicted molar refractivity (Wildman–Crippen MR) is 80.7 cm³/mol. The number of nitrogen functional groups attached to an aromatic ring is 1. The van der Waals surface area contributed by atoms with Gasteiger partial charge in [-0.2, -0.15) is 0 Å². The molecule has 1 unspecified atom stereocenters. The van der Waals surface area contributed by atoms with Gasteiger partial charge in [-0.3, -0.25) is 0 Å². The molecule has 0 aromatic carbocycles. The molecule has 4 N–H and O–H groups in total. The number of nitrogens with zero attached hydrogens (tertiary/aromatic N) is 2. The van der Waals surface area contributed by atoms with Gasteiger partial charge in [0.05, 0.1) is 6.10 Å². The SMILES string of the molecule is CCc1nc(NN)c(C)c(NCCC2CCCCO2)n1. The summed E-state index contributed by atoms with van der Waals surface area (Å²) in [4.78, 5) is 8.88. The molecule has 1 aromatic rings. The van der Waals surface area contributed by atoms with Gasteiger partial charge in [0, 0.05) is 25.1 Å². The van der Waals surface area contributed by atoms with Crippen LogP contribution in [0, 0.1) is 6.92 Å². The van der Waals surface area contributed by atoms with Crippen LogP contribution in [0.3, 0.4) is 0 Å². The van der Waals surface area contributed by atoms with Crippen molar-refractivity contribution in [2.75, 3.05) is 23.9 Å². The Morgan fingerprint density at radius 2 is 2.10 bits per heavy atom. The van der Waals surface area contributed by atoms with Gasteiger partial charge in [-0.15, -0.1) is 0 Å². The molecule has 112 valence electrons. The first-order chi connectivity index (χ1) is 9.74. The van der Waals surface area contributed by atoms with Crippen LogP contribution in [0.1, 0.15) is 44.0 Å². The van der Waals surface area contributed by atoms with Gasteiger partial charge in [0.25, 0.3) is 0 Å². The molecule has 6 heteroatoms. The van der Waals surface area contributed by atoms with Crippen molar-refractivity contribution in [3.05, 3.63) is 11.4 Å². The first-order valence-electron chi connectivity index (χ1n) is 7.44. The lowest BCUT2D eigenvalue weighted by molar-refractivity contribution is 0.0134. The maximum atomic E-state index is 5.73. The van der Waals surface area contributed by atoms with Crippen molar-refractivity contribution in [2.24, 2.45) is 5.84 Å². The zero-order valence-electron chi connectivity index (χ0n) is 12.4. The standard InChI is InChI=1S/C14H25N5O/c1-3-12-17-13(10(2)14(18-12)19-15)16-8-7-11-6-4-5-9-20-11/h11H,3-9,15H2,1-2H3,(H2,16,17,18,19). The van der Waals surface area contributed by atoms with E-state index in [9.17, 15) is 0 Å². The number of hydrazine groups is 1. The summed E-state index contributed by atoms with van der Waals surface area (Å²) in [6.07, 6.45) is 5.82. The van der Waals surface area contributed by atoms with Gasteiger partial charge in [0.2, 0.25) is 0 Å². The topological polar surface area (TPSA) is 85.1 Å². The Morgan fingerprint density at radius 3 is 2.75 bits per heavy atom. The molecule has 6 nitrogen and oxygen atoms in total. The molecule has 2 rings (SSSR count). The summed E-state index contributed by atoms with van der Waals surface area (Å²) in [5.74, 6) is 7.84. The van der Waals surface area contributed by atoms with Gasteiger partial charge in [-0.1, -0.05) is 6.92 Å². The first-order valence-corrected chi connectivity index (χ1v) is 7.44. The van der Waals surface area contributed by atoms with Crippen LogP contribution in [-0.2, 0) is 11.2 Å². The third-order valence-corrected chi connectivity index (χ3v) is 3.68. The number of hydrogen-bond acceptors (Lipinski definition) is 6. The van der Waals surface area contributed by atoms with Crippen molar-refractivity contribution < 1.29 is 4.74 Å². The Morgan fingerprint density at radius 1 is 1.30 bits per heavy atom. The highest BCUT2D eigenvalue weighted by molar-refractivity contribution is 5.56. The van der Waals surface area contributed by atoms with Crippen LogP contribution in [0.5, 0.6) is 0 Å². The molecular formula is C14H25N5O. The van der Waals surface area contributed by atoms with E-state index < -0.39 is 0 Å². The molecule has 0 amide bonds. The van der Waals surface area contributed by atoms with Gasteiger partial charge in [0.1, 0.15) is 17.5 Å². The predicted octanol–water partition coefficient (Wildman–Crippen LogP) is 2.00. The maximum absolute atomic E-state index is 5.73. The van der Waals surface area contributed by atoms with Gasteiger partial charge >= 0.3 is 0 Å². The van der Waals surface area contributed by atoms with Crippen LogP contribution in [-0.4, -0.2) is 29.2 Å². The lowest BCUT2D eigenvalue weighted by atomic mass is 10.1. The minimum atomic E-state index is 0.385. The largest absolute Gasteiger partial charge is 0.378 e. The average Bonchev–Trinajstić information content (AvgIpc) is 2.50.